The topological polar surface area (TPSA) is 70.2 Å². The highest BCUT2D eigenvalue weighted by Gasteiger charge is 2.61. The molecule has 3 amide bonds. The molecule has 2 aliphatic heterocycles. The van der Waals surface area contributed by atoms with Crippen molar-refractivity contribution in [3.8, 4) is 0 Å². The lowest BCUT2D eigenvalue weighted by Gasteiger charge is -2.47. The fourth-order valence-corrected chi connectivity index (χ4v) is 4.17. The largest absolute Gasteiger partial charge is 0.471 e. The molecular weight excluding hydrogens is 429 g/mol. The zero-order chi connectivity index (χ0) is 23.6. The van der Waals surface area contributed by atoms with E-state index in [9.17, 15) is 36.3 Å². The van der Waals surface area contributed by atoms with E-state index in [1.54, 1.807) is 20.8 Å². The van der Waals surface area contributed by atoms with E-state index in [1.807, 2.05) is 0 Å². The van der Waals surface area contributed by atoms with Crippen molar-refractivity contribution in [2.75, 3.05) is 19.6 Å². The van der Waals surface area contributed by atoms with Gasteiger partial charge in [0.05, 0.1) is 12.1 Å². The highest BCUT2D eigenvalue weighted by molar-refractivity contribution is 5.88. The summed E-state index contributed by atoms with van der Waals surface area (Å²) in [5, 5.41) is 0. The van der Waals surface area contributed by atoms with Crippen LogP contribution in [-0.4, -0.2) is 87.6 Å². The van der Waals surface area contributed by atoms with E-state index in [0.29, 0.717) is 4.90 Å². The van der Waals surface area contributed by atoms with Crippen molar-refractivity contribution >= 4 is 17.9 Å². The Balaban J connectivity index is 1.80. The number of ether oxygens (including phenoxy) is 1. The zero-order valence-corrected chi connectivity index (χ0v) is 17.8. The van der Waals surface area contributed by atoms with Gasteiger partial charge in [0.15, 0.2) is 0 Å². The van der Waals surface area contributed by atoms with Gasteiger partial charge in [-0.3, -0.25) is 14.5 Å². The number of nitrogens with zero attached hydrogens (tertiary/aromatic N) is 3. The minimum atomic E-state index is -5.04. The Morgan fingerprint density at radius 2 is 1.58 bits per heavy atom. The monoisotopic (exact) mass is 455 g/mol. The van der Waals surface area contributed by atoms with Crippen LogP contribution in [0, 0.1) is 0 Å². The first-order valence-corrected chi connectivity index (χ1v) is 10.0. The molecule has 7 nitrogen and oxygen atoms in total. The molecule has 2 atom stereocenters. The molecule has 0 aromatic carbocycles. The fourth-order valence-electron chi connectivity index (χ4n) is 4.17. The van der Waals surface area contributed by atoms with Crippen LogP contribution in [0.1, 0.15) is 47.0 Å². The number of hydrogen-bond donors (Lipinski definition) is 0. The summed E-state index contributed by atoms with van der Waals surface area (Å²) < 4.78 is 72.4. The Morgan fingerprint density at radius 1 is 1.00 bits per heavy atom. The summed E-state index contributed by atoms with van der Waals surface area (Å²) in [6.07, 6.45) is -6.43. The molecular formula is C19H26F5N3O4. The standard InChI is InChI=1S/C19H26F5N3O4/c1-11-8-27(14(29)19(22,23)24)17(5-6-17)9-25(11)13(28)12-7-18(20,21)10-26(12)15(30)31-16(2,3)4/h11-12H,5-10H2,1-4H3/t11-,12+/m1/s1. The molecule has 0 aromatic rings. The van der Waals surface area contributed by atoms with Crippen LogP contribution in [0.3, 0.4) is 0 Å². The average Bonchev–Trinajstić information content (AvgIpc) is 3.28. The minimum absolute atomic E-state index is 0.195. The van der Waals surface area contributed by atoms with E-state index in [4.69, 9.17) is 4.74 Å². The van der Waals surface area contributed by atoms with Crippen LogP contribution in [0.2, 0.25) is 0 Å². The van der Waals surface area contributed by atoms with Crippen LogP contribution < -0.4 is 0 Å². The first-order chi connectivity index (χ1) is 14.0. The van der Waals surface area contributed by atoms with Gasteiger partial charge in [0.25, 0.3) is 5.92 Å². The molecule has 3 aliphatic rings. The second kappa shape index (κ2) is 7.19. The number of rotatable bonds is 1. The molecule has 0 bridgehead atoms. The highest BCUT2D eigenvalue weighted by atomic mass is 19.4. The molecule has 3 fully saturated rings. The molecule has 0 aromatic heterocycles. The summed E-state index contributed by atoms with van der Waals surface area (Å²) in [5.41, 5.74) is -2.11. The Bertz CT molecular complexity index is 775. The molecule has 1 aliphatic carbocycles. The van der Waals surface area contributed by atoms with Crippen LogP contribution in [0.5, 0.6) is 0 Å². The molecule has 0 unspecified atom stereocenters. The van der Waals surface area contributed by atoms with E-state index in [1.165, 1.54) is 11.8 Å². The van der Waals surface area contributed by atoms with Crippen molar-refractivity contribution in [1.29, 1.82) is 0 Å². The maximum absolute atomic E-state index is 14.1. The lowest BCUT2D eigenvalue weighted by Crippen LogP contribution is -2.65. The van der Waals surface area contributed by atoms with Gasteiger partial charge in [-0.05, 0) is 40.5 Å². The Hall–Kier alpha value is -2.14. The predicted molar refractivity (Wildman–Crippen MR) is 97.2 cm³/mol. The zero-order valence-electron chi connectivity index (χ0n) is 17.8. The minimum Gasteiger partial charge on any atom is -0.444 e. The van der Waals surface area contributed by atoms with Gasteiger partial charge in [-0.2, -0.15) is 13.2 Å². The van der Waals surface area contributed by atoms with Crippen molar-refractivity contribution in [3.63, 3.8) is 0 Å². The molecule has 3 rings (SSSR count). The van der Waals surface area contributed by atoms with Crippen LogP contribution in [0.25, 0.3) is 0 Å². The van der Waals surface area contributed by atoms with E-state index >= 15 is 0 Å². The van der Waals surface area contributed by atoms with Gasteiger partial charge in [0.2, 0.25) is 5.91 Å². The third-order valence-corrected chi connectivity index (χ3v) is 5.80. The summed E-state index contributed by atoms with van der Waals surface area (Å²) in [5.74, 6) is -6.04. The summed E-state index contributed by atoms with van der Waals surface area (Å²) in [4.78, 5) is 40.1. The summed E-state index contributed by atoms with van der Waals surface area (Å²) in [6, 6.07) is -2.33. The van der Waals surface area contributed by atoms with Gasteiger partial charge in [-0.1, -0.05) is 0 Å². The average molecular weight is 455 g/mol. The first-order valence-electron chi connectivity index (χ1n) is 10.0. The Morgan fingerprint density at radius 3 is 2.06 bits per heavy atom. The molecule has 0 N–H and O–H groups in total. The van der Waals surface area contributed by atoms with Crippen molar-refractivity contribution in [2.45, 2.75) is 82.3 Å². The highest BCUT2D eigenvalue weighted by Crippen LogP contribution is 2.47. The number of likely N-dealkylation sites (tertiary alicyclic amines) is 1. The normalized spacial score (nSPS) is 27.5. The number of hydrogen-bond acceptors (Lipinski definition) is 4. The van der Waals surface area contributed by atoms with Gasteiger partial charge in [-0.15, -0.1) is 0 Å². The van der Waals surface area contributed by atoms with E-state index < -0.39 is 66.2 Å². The van der Waals surface area contributed by atoms with Crippen molar-refractivity contribution < 1.29 is 41.1 Å². The lowest BCUT2D eigenvalue weighted by molar-refractivity contribution is -0.193. The SMILES string of the molecule is C[C@@H]1CN(C(=O)C(F)(F)F)C2(CC2)CN1C(=O)[C@@H]1CC(F)(F)CN1C(=O)OC(C)(C)C. The number of carbonyl (C=O) groups excluding carboxylic acids is 3. The molecule has 2 saturated heterocycles. The van der Waals surface area contributed by atoms with E-state index in [-0.39, 0.29) is 25.9 Å². The van der Waals surface area contributed by atoms with E-state index in [0.717, 1.165) is 4.90 Å². The number of halogens is 5. The van der Waals surface area contributed by atoms with E-state index in [2.05, 4.69) is 0 Å². The number of carbonyl (C=O) groups is 3. The van der Waals surface area contributed by atoms with Gasteiger partial charge in [-0.25, -0.2) is 13.6 Å². The summed E-state index contributed by atoms with van der Waals surface area (Å²) in [6.45, 7) is 4.60. The van der Waals surface area contributed by atoms with Gasteiger partial charge >= 0.3 is 18.2 Å². The third-order valence-electron chi connectivity index (χ3n) is 5.80. The first kappa shape index (κ1) is 23.5. The quantitative estimate of drug-likeness (QED) is 0.571. The summed E-state index contributed by atoms with van der Waals surface area (Å²) >= 11 is 0. The maximum atomic E-state index is 14.1. The van der Waals surface area contributed by atoms with Gasteiger partial charge in [0.1, 0.15) is 11.6 Å². The van der Waals surface area contributed by atoms with Crippen molar-refractivity contribution in [1.82, 2.24) is 14.7 Å². The van der Waals surface area contributed by atoms with Crippen molar-refractivity contribution in [2.24, 2.45) is 0 Å². The van der Waals surface area contributed by atoms with Gasteiger partial charge < -0.3 is 14.5 Å². The van der Waals surface area contributed by atoms with Crippen LogP contribution in [0.4, 0.5) is 26.7 Å². The van der Waals surface area contributed by atoms with Crippen LogP contribution >= 0.6 is 0 Å². The Kier molecular flexibility index (Phi) is 5.46. The number of piperazine rings is 1. The second-order valence-corrected chi connectivity index (χ2v) is 9.64. The molecule has 0 radical (unpaired) electrons. The Labute approximate surface area is 176 Å². The van der Waals surface area contributed by atoms with Crippen LogP contribution in [0.15, 0.2) is 0 Å². The van der Waals surface area contributed by atoms with Crippen LogP contribution in [-0.2, 0) is 14.3 Å². The molecule has 2 heterocycles. The summed E-state index contributed by atoms with van der Waals surface area (Å²) in [7, 11) is 0. The molecule has 1 spiro atoms. The molecule has 31 heavy (non-hydrogen) atoms. The van der Waals surface area contributed by atoms with Gasteiger partial charge in [0, 0.05) is 25.6 Å². The molecule has 176 valence electrons. The fraction of sp³-hybridized carbons (Fsp3) is 0.842. The molecule has 1 saturated carbocycles. The second-order valence-electron chi connectivity index (χ2n) is 9.64. The molecule has 12 heteroatoms. The lowest BCUT2D eigenvalue weighted by atomic mass is 10.0. The smallest absolute Gasteiger partial charge is 0.444 e. The van der Waals surface area contributed by atoms with Crippen molar-refractivity contribution in [3.05, 3.63) is 0 Å². The predicted octanol–water partition coefficient (Wildman–Crippen LogP) is 2.79. The maximum Gasteiger partial charge on any atom is 0.471 e. The third kappa shape index (κ3) is 4.72. The number of alkyl halides is 5. The number of amides is 3.